The molecule has 1 heterocycles. The number of rotatable bonds is 2. The van der Waals surface area contributed by atoms with Gasteiger partial charge in [-0.1, -0.05) is 30.9 Å². The van der Waals surface area contributed by atoms with Crippen molar-refractivity contribution in [3.05, 3.63) is 83.5 Å². The van der Waals surface area contributed by atoms with E-state index in [1.54, 1.807) is 29.8 Å². The third-order valence-electron chi connectivity index (χ3n) is 5.45. The fourth-order valence-corrected chi connectivity index (χ4v) is 3.97. The van der Waals surface area contributed by atoms with Gasteiger partial charge in [-0.2, -0.15) is 13.2 Å². The third-order valence-corrected chi connectivity index (χ3v) is 5.45. The van der Waals surface area contributed by atoms with E-state index in [9.17, 15) is 18.0 Å². The molecule has 0 bridgehead atoms. The van der Waals surface area contributed by atoms with Crippen LogP contribution in [-0.4, -0.2) is 17.2 Å². The summed E-state index contributed by atoms with van der Waals surface area (Å²) in [6.07, 6.45) is -1.29. The molecule has 2 N–H and O–H groups in total. The zero-order chi connectivity index (χ0) is 21.6. The van der Waals surface area contributed by atoms with Gasteiger partial charge >= 0.3 is 6.18 Å². The quantitative estimate of drug-likeness (QED) is 0.529. The normalized spacial score (nSPS) is 20.4. The molecule has 0 fully saturated rings. The summed E-state index contributed by atoms with van der Waals surface area (Å²) in [5, 5.41) is 8.95. The summed E-state index contributed by atoms with van der Waals surface area (Å²) < 4.78 is 44.5. The van der Waals surface area contributed by atoms with E-state index < -0.39 is 17.6 Å². The lowest BCUT2D eigenvalue weighted by Gasteiger charge is -2.37. The van der Waals surface area contributed by atoms with E-state index in [1.807, 2.05) is 13.0 Å². The molecule has 4 rings (SSSR count). The Morgan fingerprint density at radius 3 is 2.40 bits per heavy atom. The molecule has 7 heteroatoms. The Bertz CT molecular complexity index is 1100. The second-order valence-corrected chi connectivity index (χ2v) is 7.26. The van der Waals surface area contributed by atoms with Crippen molar-refractivity contribution >= 4 is 11.5 Å². The maximum Gasteiger partial charge on any atom is 0.416 e. The number of hydrogen-bond donors (Lipinski definition) is 2. The van der Waals surface area contributed by atoms with Crippen molar-refractivity contribution in [3.8, 4) is 16.9 Å². The standard InChI is InChI=1S/C23H18F3NO3/c1-12-17(22(28)27-29)8-9-18-19-11-15(5-10-20(19)30-13(2)21(12)18)14-3-6-16(7-4-14)23(24,25)26/h3-11,13,21,29H,1H2,2H3,(H,27,28). The number of fused-ring (bicyclic) bond motifs is 3. The highest BCUT2D eigenvalue weighted by Crippen LogP contribution is 2.47. The third kappa shape index (κ3) is 3.31. The van der Waals surface area contributed by atoms with Crippen LogP contribution in [0.4, 0.5) is 13.2 Å². The van der Waals surface area contributed by atoms with Gasteiger partial charge in [-0.05, 0) is 59.5 Å². The van der Waals surface area contributed by atoms with E-state index >= 15 is 0 Å². The second-order valence-electron chi connectivity index (χ2n) is 7.26. The molecular weight excluding hydrogens is 395 g/mol. The predicted octanol–water partition coefficient (Wildman–Crippen LogP) is 5.15. The summed E-state index contributed by atoms with van der Waals surface area (Å²) in [5.41, 5.74) is 4.79. The van der Waals surface area contributed by atoms with E-state index in [2.05, 4.69) is 6.58 Å². The van der Waals surface area contributed by atoms with Crippen LogP contribution < -0.4 is 10.2 Å². The summed E-state index contributed by atoms with van der Waals surface area (Å²) in [5.74, 6) is -0.290. The van der Waals surface area contributed by atoms with E-state index in [-0.39, 0.29) is 17.6 Å². The van der Waals surface area contributed by atoms with Gasteiger partial charge in [0.1, 0.15) is 11.9 Å². The number of amides is 1. The Kier molecular flexibility index (Phi) is 4.78. The molecule has 0 aromatic heterocycles. The van der Waals surface area contributed by atoms with Crippen molar-refractivity contribution in [2.75, 3.05) is 0 Å². The number of alkyl halides is 3. The monoisotopic (exact) mass is 413 g/mol. The van der Waals surface area contributed by atoms with Crippen molar-refractivity contribution in [3.63, 3.8) is 0 Å². The number of carbonyl (C=O) groups is 1. The largest absolute Gasteiger partial charge is 0.489 e. The van der Waals surface area contributed by atoms with Crippen LogP contribution in [0.1, 0.15) is 18.1 Å². The van der Waals surface area contributed by atoms with Gasteiger partial charge in [0.2, 0.25) is 0 Å². The molecular formula is C23H18F3NO3. The molecule has 0 saturated carbocycles. The molecule has 2 aromatic rings. The number of hydrogen-bond acceptors (Lipinski definition) is 3. The number of hydroxylamine groups is 1. The Hall–Kier alpha value is -3.32. The predicted molar refractivity (Wildman–Crippen MR) is 106 cm³/mol. The highest BCUT2D eigenvalue weighted by atomic mass is 19.4. The molecule has 0 radical (unpaired) electrons. The van der Waals surface area contributed by atoms with Crippen LogP contribution >= 0.6 is 0 Å². The first kappa shape index (κ1) is 20.0. The molecule has 1 amide bonds. The molecule has 154 valence electrons. The van der Waals surface area contributed by atoms with Gasteiger partial charge < -0.3 is 4.74 Å². The Labute approximate surface area is 170 Å². The van der Waals surface area contributed by atoms with Gasteiger partial charge in [-0.15, -0.1) is 0 Å². The van der Waals surface area contributed by atoms with Gasteiger partial charge in [0.25, 0.3) is 5.91 Å². The van der Waals surface area contributed by atoms with Crippen LogP contribution in [0.3, 0.4) is 0 Å². The van der Waals surface area contributed by atoms with E-state index in [4.69, 9.17) is 9.94 Å². The first-order valence-corrected chi connectivity index (χ1v) is 9.25. The maximum atomic E-state index is 12.8. The van der Waals surface area contributed by atoms with Gasteiger partial charge in [0.15, 0.2) is 0 Å². The van der Waals surface area contributed by atoms with Crippen molar-refractivity contribution in [2.24, 2.45) is 5.92 Å². The zero-order valence-corrected chi connectivity index (χ0v) is 16.0. The lowest BCUT2D eigenvalue weighted by Crippen LogP contribution is -2.35. The fourth-order valence-electron chi connectivity index (χ4n) is 3.97. The number of benzene rings is 2. The molecule has 0 saturated heterocycles. The minimum Gasteiger partial charge on any atom is -0.489 e. The lowest BCUT2D eigenvalue weighted by atomic mass is 9.75. The first-order valence-electron chi connectivity index (χ1n) is 9.25. The Balaban J connectivity index is 1.77. The number of carbonyl (C=O) groups excluding carboxylic acids is 1. The lowest BCUT2D eigenvalue weighted by molar-refractivity contribution is -0.137. The van der Waals surface area contributed by atoms with E-state index in [1.165, 1.54) is 12.1 Å². The van der Waals surface area contributed by atoms with Crippen LogP contribution in [0.2, 0.25) is 0 Å². The number of allylic oxidation sites excluding steroid dienone is 2. The molecule has 2 unspecified atom stereocenters. The van der Waals surface area contributed by atoms with Crippen LogP contribution in [0, 0.1) is 5.92 Å². The Morgan fingerprint density at radius 2 is 1.77 bits per heavy atom. The minimum atomic E-state index is -4.39. The van der Waals surface area contributed by atoms with Crippen molar-refractivity contribution < 1.29 is 27.9 Å². The summed E-state index contributed by atoms with van der Waals surface area (Å²) in [4.78, 5) is 11.9. The first-order chi connectivity index (χ1) is 14.2. The molecule has 0 spiro atoms. The van der Waals surface area contributed by atoms with E-state index in [0.717, 1.165) is 28.8 Å². The van der Waals surface area contributed by atoms with Crippen LogP contribution in [-0.2, 0) is 11.0 Å². The Morgan fingerprint density at radius 1 is 1.10 bits per heavy atom. The van der Waals surface area contributed by atoms with Gasteiger partial charge in [-0.3, -0.25) is 10.0 Å². The number of nitrogens with one attached hydrogen (secondary N) is 1. The summed E-state index contributed by atoms with van der Waals surface area (Å²) in [6.45, 7) is 5.89. The van der Waals surface area contributed by atoms with E-state index in [0.29, 0.717) is 16.9 Å². The van der Waals surface area contributed by atoms with Gasteiger partial charge in [0, 0.05) is 17.1 Å². The maximum absolute atomic E-state index is 12.8. The fraction of sp³-hybridized carbons (Fsp3) is 0.174. The second kappa shape index (κ2) is 7.18. The summed E-state index contributed by atoms with van der Waals surface area (Å²) in [7, 11) is 0. The van der Waals surface area contributed by atoms with Crippen LogP contribution in [0.5, 0.6) is 5.75 Å². The van der Waals surface area contributed by atoms with Crippen LogP contribution in [0.15, 0.2) is 72.3 Å². The smallest absolute Gasteiger partial charge is 0.416 e. The summed E-state index contributed by atoms with van der Waals surface area (Å²) in [6, 6.07) is 10.4. The van der Waals surface area contributed by atoms with Gasteiger partial charge in [0.05, 0.1) is 5.56 Å². The average Bonchev–Trinajstić information content (AvgIpc) is 2.72. The van der Waals surface area contributed by atoms with Gasteiger partial charge in [-0.25, -0.2) is 5.48 Å². The molecule has 1 aliphatic carbocycles. The SMILES string of the molecule is C=C1C(C(=O)NO)=CC=C2c3cc(-c4ccc(C(F)(F)F)cc4)ccc3OC(C)C12. The molecule has 2 aromatic carbocycles. The molecule has 1 aliphatic heterocycles. The molecule has 30 heavy (non-hydrogen) atoms. The highest BCUT2D eigenvalue weighted by Gasteiger charge is 2.37. The highest BCUT2D eigenvalue weighted by molar-refractivity contribution is 6.00. The van der Waals surface area contributed by atoms with Crippen molar-refractivity contribution in [1.29, 1.82) is 0 Å². The van der Waals surface area contributed by atoms with Crippen molar-refractivity contribution in [1.82, 2.24) is 5.48 Å². The van der Waals surface area contributed by atoms with Crippen LogP contribution in [0.25, 0.3) is 16.7 Å². The minimum absolute atomic E-state index is 0.268. The topological polar surface area (TPSA) is 58.6 Å². The molecule has 4 nitrogen and oxygen atoms in total. The number of ether oxygens (including phenoxy) is 1. The molecule has 2 aliphatic rings. The zero-order valence-electron chi connectivity index (χ0n) is 16.0. The average molecular weight is 413 g/mol. The van der Waals surface area contributed by atoms with Crippen molar-refractivity contribution in [2.45, 2.75) is 19.2 Å². The summed E-state index contributed by atoms with van der Waals surface area (Å²) >= 11 is 0. The number of halogens is 3. The molecule has 2 atom stereocenters.